The topological polar surface area (TPSA) is 78.5 Å². The van der Waals surface area contributed by atoms with E-state index < -0.39 is 10.0 Å². The van der Waals surface area contributed by atoms with E-state index >= 15 is 0 Å². The van der Waals surface area contributed by atoms with Crippen molar-refractivity contribution in [3.05, 3.63) is 41.3 Å². The van der Waals surface area contributed by atoms with Crippen LogP contribution in [0.1, 0.15) is 38.7 Å². The Morgan fingerprint density at radius 2 is 2.04 bits per heavy atom. The minimum atomic E-state index is -3.44. The lowest BCUT2D eigenvalue weighted by Crippen LogP contribution is -2.54. The number of nitrogens with zero attached hydrogens (tertiary/aromatic N) is 1. The molecule has 2 aliphatic heterocycles. The molecule has 1 spiro atoms. The van der Waals surface area contributed by atoms with Gasteiger partial charge in [-0.3, -0.25) is 10.1 Å². The van der Waals surface area contributed by atoms with Crippen LogP contribution < -0.4 is 10.6 Å². The average Bonchev–Trinajstić information content (AvgIpc) is 3.11. The molecule has 0 aromatic heterocycles. The van der Waals surface area contributed by atoms with Gasteiger partial charge in [-0.2, -0.15) is 4.31 Å². The first-order valence-electron chi connectivity index (χ1n) is 9.79. The van der Waals surface area contributed by atoms with E-state index in [1.54, 1.807) is 17.8 Å². The molecule has 2 aliphatic rings. The number of carbonyl (C=O) groups is 1. The molecule has 0 aliphatic carbocycles. The molecule has 0 saturated carbocycles. The summed E-state index contributed by atoms with van der Waals surface area (Å²) in [6.45, 7) is 4.97. The van der Waals surface area contributed by atoms with Gasteiger partial charge in [0.1, 0.15) is 0 Å². The smallest absolute Gasteiger partial charge is 0.238 e. The van der Waals surface area contributed by atoms with Crippen molar-refractivity contribution in [2.75, 3.05) is 18.8 Å². The van der Waals surface area contributed by atoms with Crippen LogP contribution in [-0.2, 0) is 14.8 Å². The molecule has 2 N–H and O–H groups in total. The van der Waals surface area contributed by atoms with Crippen molar-refractivity contribution in [1.29, 1.82) is 0 Å². The van der Waals surface area contributed by atoms with Crippen LogP contribution in [0.5, 0.6) is 0 Å². The molecule has 0 radical (unpaired) electrons. The first kappa shape index (κ1) is 21.4. The predicted octanol–water partition coefficient (Wildman–Crippen LogP) is 2.40. The Labute approximate surface area is 172 Å². The van der Waals surface area contributed by atoms with Crippen LogP contribution in [0.4, 0.5) is 0 Å². The predicted molar refractivity (Wildman–Crippen MR) is 115 cm³/mol. The number of amides is 1. The van der Waals surface area contributed by atoms with E-state index in [4.69, 9.17) is 0 Å². The van der Waals surface area contributed by atoms with Crippen LogP contribution in [0.25, 0.3) is 6.08 Å². The SMILES string of the molecule is CC[C@H](C)NC(=O)[C@H]1CSC2(CCN(S(=O)(=O)/C=C/c3ccccc3)CC2)N1. The summed E-state index contributed by atoms with van der Waals surface area (Å²) in [6.07, 6.45) is 3.93. The summed E-state index contributed by atoms with van der Waals surface area (Å²) in [6, 6.07) is 9.38. The Morgan fingerprint density at radius 1 is 1.36 bits per heavy atom. The Balaban J connectivity index is 1.55. The first-order chi connectivity index (χ1) is 13.3. The van der Waals surface area contributed by atoms with Gasteiger partial charge in [0.2, 0.25) is 15.9 Å². The molecule has 2 atom stereocenters. The molecule has 0 unspecified atom stereocenters. The van der Waals surface area contributed by atoms with Gasteiger partial charge in [-0.05, 0) is 37.8 Å². The maximum Gasteiger partial charge on any atom is 0.238 e. The number of benzene rings is 1. The van der Waals surface area contributed by atoms with Crippen molar-refractivity contribution in [2.45, 2.75) is 50.1 Å². The summed E-state index contributed by atoms with van der Waals surface area (Å²) < 4.78 is 26.8. The van der Waals surface area contributed by atoms with Crippen molar-refractivity contribution in [1.82, 2.24) is 14.9 Å². The second kappa shape index (κ2) is 8.98. The summed E-state index contributed by atoms with van der Waals surface area (Å²) in [4.78, 5) is 12.2. The standard InChI is InChI=1S/C20H29N3O3S2/c1-3-16(2)21-19(24)18-15-27-20(22-18)10-12-23(13-11-20)28(25,26)14-9-17-7-5-4-6-8-17/h4-9,14,16,18,22H,3,10-13,15H2,1-2H3,(H,21,24)/b14-9+/t16-,18+/m0/s1. The fourth-order valence-electron chi connectivity index (χ4n) is 3.44. The molecule has 1 aromatic carbocycles. The quantitative estimate of drug-likeness (QED) is 0.735. The second-order valence-electron chi connectivity index (χ2n) is 7.48. The van der Waals surface area contributed by atoms with Crippen LogP contribution in [-0.4, -0.2) is 54.4 Å². The number of hydrogen-bond acceptors (Lipinski definition) is 5. The molecule has 1 amide bonds. The normalized spacial score (nSPS) is 23.9. The molecular weight excluding hydrogens is 394 g/mol. The maximum atomic E-state index is 12.6. The lowest BCUT2D eigenvalue weighted by Gasteiger charge is -2.38. The number of piperidine rings is 1. The highest BCUT2D eigenvalue weighted by atomic mass is 32.2. The van der Waals surface area contributed by atoms with Crippen LogP contribution >= 0.6 is 11.8 Å². The Bertz CT molecular complexity index is 803. The van der Waals surface area contributed by atoms with Crippen molar-refractivity contribution in [3.63, 3.8) is 0 Å². The largest absolute Gasteiger partial charge is 0.352 e. The minimum absolute atomic E-state index is 0.0413. The van der Waals surface area contributed by atoms with E-state index in [1.165, 1.54) is 9.71 Å². The molecule has 28 heavy (non-hydrogen) atoms. The van der Waals surface area contributed by atoms with Crippen molar-refractivity contribution in [3.8, 4) is 0 Å². The third-order valence-corrected chi connectivity index (χ3v) is 8.55. The molecule has 2 fully saturated rings. The monoisotopic (exact) mass is 423 g/mol. The molecule has 2 saturated heterocycles. The lowest BCUT2D eigenvalue weighted by atomic mass is 10.0. The Morgan fingerprint density at radius 3 is 2.68 bits per heavy atom. The molecule has 154 valence electrons. The number of sulfonamides is 1. The lowest BCUT2D eigenvalue weighted by molar-refractivity contribution is -0.123. The van der Waals surface area contributed by atoms with Gasteiger partial charge in [0.05, 0.1) is 10.9 Å². The van der Waals surface area contributed by atoms with Gasteiger partial charge in [0.25, 0.3) is 0 Å². The molecule has 8 heteroatoms. The number of thioether (sulfide) groups is 1. The minimum Gasteiger partial charge on any atom is -0.352 e. The van der Waals surface area contributed by atoms with Gasteiger partial charge < -0.3 is 5.32 Å². The molecule has 6 nitrogen and oxygen atoms in total. The highest BCUT2D eigenvalue weighted by Gasteiger charge is 2.45. The molecular formula is C20H29N3O3S2. The second-order valence-corrected chi connectivity index (χ2v) is 10.7. The summed E-state index contributed by atoms with van der Waals surface area (Å²) in [5, 5.41) is 7.80. The molecule has 3 rings (SSSR count). The van der Waals surface area contributed by atoms with Gasteiger partial charge in [-0.25, -0.2) is 8.42 Å². The van der Waals surface area contributed by atoms with Crippen LogP contribution in [0.15, 0.2) is 35.7 Å². The first-order valence-corrected chi connectivity index (χ1v) is 12.3. The number of rotatable bonds is 6. The van der Waals surface area contributed by atoms with Gasteiger partial charge >= 0.3 is 0 Å². The highest BCUT2D eigenvalue weighted by Crippen LogP contribution is 2.39. The van der Waals surface area contributed by atoms with E-state index in [9.17, 15) is 13.2 Å². The van der Waals surface area contributed by atoms with E-state index in [0.717, 1.165) is 17.7 Å². The number of hydrogen-bond donors (Lipinski definition) is 2. The van der Waals surface area contributed by atoms with Gasteiger partial charge in [-0.15, -0.1) is 11.8 Å². The Kier molecular flexibility index (Phi) is 6.85. The fourth-order valence-corrected chi connectivity index (χ4v) is 6.05. The van der Waals surface area contributed by atoms with Crippen molar-refractivity contribution < 1.29 is 13.2 Å². The van der Waals surface area contributed by atoms with Crippen LogP contribution in [0.3, 0.4) is 0 Å². The number of carbonyl (C=O) groups excluding carboxylic acids is 1. The zero-order valence-electron chi connectivity index (χ0n) is 16.4. The van der Waals surface area contributed by atoms with Crippen molar-refractivity contribution in [2.24, 2.45) is 0 Å². The highest BCUT2D eigenvalue weighted by molar-refractivity contribution is 8.01. The van der Waals surface area contributed by atoms with Gasteiger partial charge in [-0.1, -0.05) is 37.3 Å². The number of nitrogens with one attached hydrogen (secondary N) is 2. The summed E-state index contributed by atoms with van der Waals surface area (Å²) in [7, 11) is -3.44. The van der Waals surface area contributed by atoms with E-state index in [1.807, 2.05) is 44.2 Å². The van der Waals surface area contributed by atoms with Crippen LogP contribution in [0.2, 0.25) is 0 Å². The van der Waals surface area contributed by atoms with E-state index in [0.29, 0.717) is 25.9 Å². The molecule has 1 aromatic rings. The molecule has 0 bridgehead atoms. The zero-order chi connectivity index (χ0) is 20.2. The summed E-state index contributed by atoms with van der Waals surface area (Å²) in [5.74, 6) is 0.766. The fraction of sp³-hybridized carbons (Fsp3) is 0.550. The van der Waals surface area contributed by atoms with Crippen LogP contribution in [0, 0.1) is 0 Å². The average molecular weight is 424 g/mol. The third-order valence-electron chi connectivity index (χ3n) is 5.40. The van der Waals surface area contributed by atoms with E-state index in [-0.39, 0.29) is 22.9 Å². The molecule has 2 heterocycles. The van der Waals surface area contributed by atoms with E-state index in [2.05, 4.69) is 10.6 Å². The third kappa shape index (κ3) is 5.17. The maximum absolute atomic E-state index is 12.6. The summed E-state index contributed by atoms with van der Waals surface area (Å²) in [5.41, 5.74) is 0.864. The van der Waals surface area contributed by atoms with Crippen molar-refractivity contribution >= 4 is 33.8 Å². The Hall–Kier alpha value is -1.35. The van der Waals surface area contributed by atoms with Gasteiger partial charge in [0, 0.05) is 30.3 Å². The summed E-state index contributed by atoms with van der Waals surface area (Å²) >= 11 is 1.75. The van der Waals surface area contributed by atoms with Gasteiger partial charge in [0.15, 0.2) is 0 Å². The zero-order valence-corrected chi connectivity index (χ0v) is 18.1.